The zero-order chi connectivity index (χ0) is 10.3. The molecule has 1 unspecified atom stereocenters. The molecule has 0 heterocycles. The first-order valence-electron chi connectivity index (χ1n) is 5.00. The van der Waals surface area contributed by atoms with Gasteiger partial charge < -0.3 is 0 Å². The van der Waals surface area contributed by atoms with Crippen LogP contribution in [0.4, 0.5) is 4.39 Å². The topological polar surface area (TPSA) is 0 Å². The molecule has 0 aliphatic rings. The van der Waals surface area contributed by atoms with Crippen molar-refractivity contribution in [2.45, 2.75) is 52.6 Å². The average molecular weight is 184 g/mol. The van der Waals surface area contributed by atoms with E-state index >= 15 is 0 Å². The summed E-state index contributed by atoms with van der Waals surface area (Å²) in [6.07, 6.45) is 4.67. The standard InChI is InChI=1S/C12H21F/c1-5-12(13)9-11(4)8-6-7-10(2)3/h8,12H,2,5-7,9H2,1,3-4H3/b11-8-. The molecule has 0 N–H and O–H groups in total. The van der Waals surface area contributed by atoms with E-state index in [9.17, 15) is 4.39 Å². The summed E-state index contributed by atoms with van der Waals surface area (Å²) in [6, 6.07) is 0. The molecule has 0 aromatic heterocycles. The molecule has 76 valence electrons. The van der Waals surface area contributed by atoms with Crippen molar-refractivity contribution >= 4 is 0 Å². The van der Waals surface area contributed by atoms with Crippen LogP contribution in [-0.4, -0.2) is 6.17 Å². The number of hydrogen-bond acceptors (Lipinski definition) is 0. The minimum absolute atomic E-state index is 0.590. The summed E-state index contributed by atoms with van der Waals surface area (Å²) in [5, 5.41) is 0. The quantitative estimate of drug-likeness (QED) is 0.536. The third-order valence-electron chi connectivity index (χ3n) is 2.05. The summed E-state index contributed by atoms with van der Waals surface area (Å²) in [7, 11) is 0. The van der Waals surface area contributed by atoms with Crippen molar-refractivity contribution in [3.05, 3.63) is 23.8 Å². The SMILES string of the molecule is C=C(C)CC/C=C(/C)CC(F)CC. The Kier molecular flexibility index (Phi) is 6.56. The van der Waals surface area contributed by atoms with Crippen LogP contribution in [0.1, 0.15) is 46.5 Å². The maximum atomic E-state index is 12.9. The van der Waals surface area contributed by atoms with E-state index in [2.05, 4.69) is 12.7 Å². The Labute approximate surface area is 81.5 Å². The molecule has 0 radical (unpaired) electrons. The van der Waals surface area contributed by atoms with E-state index in [1.807, 2.05) is 20.8 Å². The average Bonchev–Trinajstić information content (AvgIpc) is 2.03. The summed E-state index contributed by atoms with van der Waals surface area (Å²) in [6.45, 7) is 9.73. The van der Waals surface area contributed by atoms with Crippen LogP contribution in [0.25, 0.3) is 0 Å². The van der Waals surface area contributed by atoms with Crippen molar-refractivity contribution in [2.75, 3.05) is 0 Å². The minimum atomic E-state index is -0.666. The molecule has 0 spiro atoms. The molecule has 0 saturated heterocycles. The van der Waals surface area contributed by atoms with Crippen LogP contribution in [0.2, 0.25) is 0 Å². The monoisotopic (exact) mass is 184 g/mol. The summed E-state index contributed by atoms with van der Waals surface area (Å²) in [5.41, 5.74) is 2.35. The second kappa shape index (κ2) is 6.88. The Morgan fingerprint density at radius 2 is 2.08 bits per heavy atom. The first-order chi connectivity index (χ1) is 6.06. The molecule has 0 aliphatic heterocycles. The molecule has 0 aliphatic carbocycles. The van der Waals surface area contributed by atoms with Gasteiger partial charge in [-0.1, -0.05) is 24.1 Å². The molecular weight excluding hydrogens is 163 g/mol. The van der Waals surface area contributed by atoms with E-state index in [0.29, 0.717) is 12.8 Å². The first kappa shape index (κ1) is 12.4. The third kappa shape index (κ3) is 7.76. The molecule has 0 nitrogen and oxygen atoms in total. The molecule has 0 bridgehead atoms. The van der Waals surface area contributed by atoms with Gasteiger partial charge in [-0.3, -0.25) is 0 Å². The highest BCUT2D eigenvalue weighted by Gasteiger charge is 2.02. The van der Waals surface area contributed by atoms with E-state index < -0.39 is 6.17 Å². The van der Waals surface area contributed by atoms with Gasteiger partial charge in [0.05, 0.1) is 0 Å². The van der Waals surface area contributed by atoms with Crippen LogP contribution in [0.3, 0.4) is 0 Å². The predicted molar refractivity (Wildman–Crippen MR) is 57.6 cm³/mol. The second-order valence-corrected chi connectivity index (χ2v) is 3.76. The van der Waals surface area contributed by atoms with Crippen LogP contribution in [0, 0.1) is 0 Å². The Bertz CT molecular complexity index is 180. The fourth-order valence-electron chi connectivity index (χ4n) is 1.14. The lowest BCUT2D eigenvalue weighted by Crippen LogP contribution is -1.97. The van der Waals surface area contributed by atoms with Crippen molar-refractivity contribution < 1.29 is 4.39 Å². The largest absolute Gasteiger partial charge is 0.247 e. The van der Waals surface area contributed by atoms with Gasteiger partial charge in [-0.05, 0) is 39.5 Å². The minimum Gasteiger partial charge on any atom is -0.247 e. The van der Waals surface area contributed by atoms with E-state index in [0.717, 1.165) is 18.4 Å². The summed E-state index contributed by atoms with van der Waals surface area (Å²) in [4.78, 5) is 0. The van der Waals surface area contributed by atoms with Gasteiger partial charge in [-0.15, -0.1) is 6.58 Å². The molecule has 1 heteroatoms. The Morgan fingerprint density at radius 3 is 2.54 bits per heavy atom. The van der Waals surface area contributed by atoms with Crippen molar-refractivity contribution in [1.82, 2.24) is 0 Å². The van der Waals surface area contributed by atoms with Gasteiger partial charge in [0.25, 0.3) is 0 Å². The maximum Gasteiger partial charge on any atom is 0.104 e. The van der Waals surface area contributed by atoms with Gasteiger partial charge in [0.1, 0.15) is 6.17 Å². The lowest BCUT2D eigenvalue weighted by Gasteiger charge is -2.05. The van der Waals surface area contributed by atoms with Crippen LogP contribution in [0.5, 0.6) is 0 Å². The number of allylic oxidation sites excluding steroid dienone is 3. The lowest BCUT2D eigenvalue weighted by atomic mass is 10.1. The molecule has 0 aromatic rings. The smallest absolute Gasteiger partial charge is 0.104 e. The molecule has 1 atom stereocenters. The molecule has 13 heavy (non-hydrogen) atoms. The molecule has 0 saturated carbocycles. The van der Waals surface area contributed by atoms with E-state index in [-0.39, 0.29) is 0 Å². The number of rotatable bonds is 6. The Hall–Kier alpha value is -0.590. The zero-order valence-electron chi connectivity index (χ0n) is 9.07. The fraction of sp³-hybridized carbons (Fsp3) is 0.667. The van der Waals surface area contributed by atoms with Crippen LogP contribution in [-0.2, 0) is 0 Å². The summed E-state index contributed by atoms with van der Waals surface area (Å²) >= 11 is 0. The second-order valence-electron chi connectivity index (χ2n) is 3.76. The van der Waals surface area contributed by atoms with Crippen LogP contribution < -0.4 is 0 Å². The van der Waals surface area contributed by atoms with Gasteiger partial charge in [-0.25, -0.2) is 4.39 Å². The molecular formula is C12H21F. The highest BCUT2D eigenvalue weighted by atomic mass is 19.1. The number of hydrogen-bond donors (Lipinski definition) is 0. The van der Waals surface area contributed by atoms with Gasteiger partial charge in [0, 0.05) is 0 Å². The zero-order valence-corrected chi connectivity index (χ0v) is 9.07. The highest BCUT2D eigenvalue weighted by molar-refractivity contribution is 5.01. The third-order valence-corrected chi connectivity index (χ3v) is 2.05. The van der Waals surface area contributed by atoms with E-state index in [4.69, 9.17) is 0 Å². The highest BCUT2D eigenvalue weighted by Crippen LogP contribution is 2.13. The lowest BCUT2D eigenvalue weighted by molar-refractivity contribution is 0.322. The number of alkyl halides is 1. The van der Waals surface area contributed by atoms with E-state index in [1.165, 1.54) is 5.57 Å². The van der Waals surface area contributed by atoms with Crippen LogP contribution >= 0.6 is 0 Å². The molecule has 0 amide bonds. The summed E-state index contributed by atoms with van der Waals surface area (Å²) in [5.74, 6) is 0. The molecule has 0 aromatic carbocycles. The van der Waals surface area contributed by atoms with Gasteiger partial charge in [-0.2, -0.15) is 0 Å². The molecule has 0 fully saturated rings. The van der Waals surface area contributed by atoms with Gasteiger partial charge in [0.15, 0.2) is 0 Å². The van der Waals surface area contributed by atoms with Crippen LogP contribution in [0.15, 0.2) is 23.8 Å². The first-order valence-corrected chi connectivity index (χ1v) is 5.00. The van der Waals surface area contributed by atoms with Gasteiger partial charge in [0.2, 0.25) is 0 Å². The predicted octanol–water partition coefficient (Wildman–Crippen LogP) is 4.43. The Balaban J connectivity index is 3.68. The van der Waals surface area contributed by atoms with Crippen molar-refractivity contribution in [3.63, 3.8) is 0 Å². The summed E-state index contributed by atoms with van der Waals surface area (Å²) < 4.78 is 12.9. The maximum absolute atomic E-state index is 12.9. The molecule has 0 rings (SSSR count). The van der Waals surface area contributed by atoms with Crippen molar-refractivity contribution in [1.29, 1.82) is 0 Å². The number of halogens is 1. The van der Waals surface area contributed by atoms with E-state index in [1.54, 1.807) is 0 Å². The van der Waals surface area contributed by atoms with Crippen molar-refractivity contribution in [3.8, 4) is 0 Å². The Morgan fingerprint density at radius 1 is 1.46 bits per heavy atom. The fourth-order valence-corrected chi connectivity index (χ4v) is 1.14. The normalized spacial score (nSPS) is 14.3. The van der Waals surface area contributed by atoms with Gasteiger partial charge >= 0.3 is 0 Å². The van der Waals surface area contributed by atoms with Crippen molar-refractivity contribution in [2.24, 2.45) is 0 Å².